The zero-order valence-electron chi connectivity index (χ0n) is 9.11. The summed E-state index contributed by atoms with van der Waals surface area (Å²) in [5, 5.41) is 5.52. The highest BCUT2D eigenvalue weighted by Gasteiger charge is 2.00. The number of hydrogen-bond donors (Lipinski definition) is 1. The van der Waals surface area contributed by atoms with E-state index in [-0.39, 0.29) is 0 Å². The summed E-state index contributed by atoms with van der Waals surface area (Å²) in [7, 11) is 0. The van der Waals surface area contributed by atoms with Crippen molar-refractivity contribution in [2.45, 2.75) is 20.0 Å². The Morgan fingerprint density at radius 2 is 2.44 bits per heavy atom. The van der Waals surface area contributed by atoms with E-state index < -0.39 is 0 Å². The molecule has 86 valence electrons. The van der Waals surface area contributed by atoms with Crippen LogP contribution in [-0.2, 0) is 13.1 Å². The van der Waals surface area contributed by atoms with Crippen molar-refractivity contribution in [3.63, 3.8) is 0 Å². The third-order valence-electron chi connectivity index (χ3n) is 2.43. The van der Waals surface area contributed by atoms with Gasteiger partial charge in [0.1, 0.15) is 5.82 Å². The number of nitrogens with one attached hydrogen (secondary N) is 1. The lowest BCUT2D eigenvalue weighted by Crippen LogP contribution is -2.19. The zero-order valence-corrected chi connectivity index (χ0v) is 11.5. The number of rotatable bonds is 5. The first-order valence-corrected chi connectivity index (χ1v) is 6.85. The van der Waals surface area contributed by atoms with Gasteiger partial charge in [0, 0.05) is 41.4 Å². The summed E-state index contributed by atoms with van der Waals surface area (Å²) in [6.07, 6.45) is 3.85. The summed E-state index contributed by atoms with van der Waals surface area (Å²) in [6, 6.07) is 2.09. The normalized spacial score (nSPS) is 10.9. The van der Waals surface area contributed by atoms with E-state index in [0.717, 1.165) is 25.5 Å². The first kappa shape index (κ1) is 11.8. The monoisotopic (exact) mass is 299 g/mol. The van der Waals surface area contributed by atoms with Gasteiger partial charge in [-0.3, -0.25) is 0 Å². The molecule has 0 saturated heterocycles. The van der Waals surface area contributed by atoms with Crippen LogP contribution in [0.4, 0.5) is 0 Å². The van der Waals surface area contributed by atoms with E-state index in [9.17, 15) is 0 Å². The molecule has 3 nitrogen and oxygen atoms in total. The summed E-state index contributed by atoms with van der Waals surface area (Å²) in [5.74, 6) is 1.07. The van der Waals surface area contributed by atoms with E-state index in [1.54, 1.807) is 11.3 Å². The minimum Gasteiger partial charge on any atom is -0.334 e. The molecule has 0 aliphatic carbocycles. The molecule has 0 spiro atoms. The minimum atomic E-state index is 0.923. The van der Waals surface area contributed by atoms with Crippen molar-refractivity contribution in [3.05, 3.63) is 39.0 Å². The third-order valence-corrected chi connectivity index (χ3v) is 4.36. The summed E-state index contributed by atoms with van der Waals surface area (Å²) in [4.78, 5) is 5.54. The smallest absolute Gasteiger partial charge is 0.105 e. The number of aryl methyl sites for hydroxylation is 1. The molecule has 2 aromatic rings. The molecule has 2 heterocycles. The zero-order chi connectivity index (χ0) is 11.4. The molecule has 5 heteroatoms. The van der Waals surface area contributed by atoms with Gasteiger partial charge in [-0.1, -0.05) is 0 Å². The second kappa shape index (κ2) is 5.61. The van der Waals surface area contributed by atoms with E-state index in [1.165, 1.54) is 9.35 Å². The first-order chi connectivity index (χ1) is 7.77. The molecule has 0 atom stereocenters. The molecular weight excluding hydrogens is 286 g/mol. The van der Waals surface area contributed by atoms with Crippen molar-refractivity contribution in [2.24, 2.45) is 0 Å². The van der Waals surface area contributed by atoms with Crippen LogP contribution in [0.15, 0.2) is 28.3 Å². The van der Waals surface area contributed by atoms with Crippen LogP contribution in [0.3, 0.4) is 0 Å². The molecule has 2 aromatic heterocycles. The highest BCUT2D eigenvalue weighted by molar-refractivity contribution is 9.10. The molecule has 16 heavy (non-hydrogen) atoms. The van der Waals surface area contributed by atoms with E-state index in [0.29, 0.717) is 0 Å². The Kier molecular flexibility index (Phi) is 4.15. The molecule has 0 unspecified atom stereocenters. The van der Waals surface area contributed by atoms with Crippen LogP contribution in [0.5, 0.6) is 0 Å². The van der Waals surface area contributed by atoms with Gasteiger partial charge in [0.25, 0.3) is 0 Å². The Bertz CT molecular complexity index is 407. The summed E-state index contributed by atoms with van der Waals surface area (Å²) in [6.45, 7) is 4.87. The molecule has 0 bridgehead atoms. The number of hydrogen-bond acceptors (Lipinski definition) is 3. The largest absolute Gasteiger partial charge is 0.334 e. The average Bonchev–Trinajstić information content (AvgIpc) is 2.84. The Balaban J connectivity index is 1.74. The lowest BCUT2D eigenvalue weighted by molar-refractivity contribution is 0.590. The second-order valence-corrected chi connectivity index (χ2v) is 5.39. The molecule has 0 amide bonds. The standard InChI is InChI=1S/C11H14BrN3S/c1-9-14-4-6-15(9)5-3-13-8-11-10(12)2-7-16-11/h2,4,6-7,13H,3,5,8H2,1H3. The van der Waals surface area contributed by atoms with Gasteiger partial charge in [-0.05, 0) is 34.3 Å². The molecule has 0 aliphatic heterocycles. The highest BCUT2D eigenvalue weighted by Crippen LogP contribution is 2.21. The van der Waals surface area contributed by atoms with Crippen LogP contribution in [0, 0.1) is 6.92 Å². The van der Waals surface area contributed by atoms with E-state index in [4.69, 9.17) is 0 Å². The van der Waals surface area contributed by atoms with Crippen molar-refractivity contribution in [1.82, 2.24) is 14.9 Å². The van der Waals surface area contributed by atoms with Gasteiger partial charge >= 0.3 is 0 Å². The number of thiophene rings is 1. The van der Waals surface area contributed by atoms with Gasteiger partial charge in [-0.2, -0.15) is 0 Å². The minimum absolute atomic E-state index is 0.923. The first-order valence-electron chi connectivity index (χ1n) is 5.17. The lowest BCUT2D eigenvalue weighted by atomic mass is 10.4. The van der Waals surface area contributed by atoms with Crippen molar-refractivity contribution in [1.29, 1.82) is 0 Å². The van der Waals surface area contributed by atoms with Gasteiger partial charge in [0.2, 0.25) is 0 Å². The summed E-state index contributed by atoms with van der Waals surface area (Å²) < 4.78 is 3.35. The van der Waals surface area contributed by atoms with Crippen LogP contribution < -0.4 is 5.32 Å². The van der Waals surface area contributed by atoms with E-state index in [1.807, 2.05) is 19.3 Å². The highest BCUT2D eigenvalue weighted by atomic mass is 79.9. The molecule has 0 saturated carbocycles. The maximum Gasteiger partial charge on any atom is 0.105 e. The molecule has 1 N–H and O–H groups in total. The van der Waals surface area contributed by atoms with Crippen LogP contribution in [0.2, 0.25) is 0 Å². The fourth-order valence-electron chi connectivity index (χ4n) is 1.49. The van der Waals surface area contributed by atoms with Crippen LogP contribution in [-0.4, -0.2) is 16.1 Å². The van der Waals surface area contributed by atoms with Crippen LogP contribution in [0.25, 0.3) is 0 Å². The van der Waals surface area contributed by atoms with Gasteiger partial charge < -0.3 is 9.88 Å². The second-order valence-electron chi connectivity index (χ2n) is 3.54. The number of imidazole rings is 1. The van der Waals surface area contributed by atoms with E-state index >= 15 is 0 Å². The van der Waals surface area contributed by atoms with Crippen LogP contribution in [0.1, 0.15) is 10.7 Å². The average molecular weight is 300 g/mol. The van der Waals surface area contributed by atoms with E-state index in [2.05, 4.69) is 42.2 Å². The number of aromatic nitrogens is 2. The molecule has 0 radical (unpaired) electrons. The Morgan fingerprint density at radius 3 is 3.06 bits per heavy atom. The van der Waals surface area contributed by atoms with Gasteiger partial charge in [-0.15, -0.1) is 11.3 Å². The topological polar surface area (TPSA) is 29.9 Å². The van der Waals surface area contributed by atoms with Crippen molar-refractivity contribution >= 4 is 27.3 Å². The Morgan fingerprint density at radius 1 is 1.56 bits per heavy atom. The van der Waals surface area contributed by atoms with Crippen molar-refractivity contribution < 1.29 is 0 Å². The Labute approximate surface area is 108 Å². The summed E-state index contributed by atoms with van der Waals surface area (Å²) >= 11 is 5.30. The van der Waals surface area contributed by atoms with Crippen LogP contribution >= 0.6 is 27.3 Å². The lowest BCUT2D eigenvalue weighted by Gasteiger charge is -2.06. The molecule has 0 fully saturated rings. The van der Waals surface area contributed by atoms with Crippen molar-refractivity contribution in [2.75, 3.05) is 6.54 Å². The maximum absolute atomic E-state index is 4.19. The maximum atomic E-state index is 4.19. The SMILES string of the molecule is Cc1nccn1CCNCc1sccc1Br. The number of nitrogens with zero attached hydrogens (tertiary/aromatic N) is 2. The fourth-order valence-corrected chi connectivity index (χ4v) is 2.95. The molecule has 0 aliphatic rings. The predicted octanol–water partition coefficient (Wildman–Crippen LogP) is 2.81. The van der Waals surface area contributed by atoms with Gasteiger partial charge in [0.15, 0.2) is 0 Å². The quantitative estimate of drug-likeness (QED) is 0.861. The third kappa shape index (κ3) is 2.93. The van der Waals surface area contributed by atoms with Gasteiger partial charge in [0.05, 0.1) is 0 Å². The number of halogens is 1. The fraction of sp³-hybridized carbons (Fsp3) is 0.364. The Hall–Kier alpha value is -0.650. The molecule has 0 aromatic carbocycles. The predicted molar refractivity (Wildman–Crippen MR) is 70.7 cm³/mol. The summed E-state index contributed by atoms with van der Waals surface area (Å²) in [5.41, 5.74) is 0. The van der Waals surface area contributed by atoms with Gasteiger partial charge in [-0.25, -0.2) is 4.98 Å². The molecular formula is C11H14BrN3S. The molecule has 2 rings (SSSR count). The van der Waals surface area contributed by atoms with Crippen molar-refractivity contribution in [3.8, 4) is 0 Å².